The van der Waals surface area contributed by atoms with Crippen LogP contribution >= 0.6 is 11.8 Å². The fraction of sp³-hybridized carbons (Fsp3) is 0.400. The third-order valence-corrected chi connectivity index (χ3v) is 5.84. The number of amides is 3. The van der Waals surface area contributed by atoms with E-state index in [0.717, 1.165) is 27.7 Å². The van der Waals surface area contributed by atoms with Gasteiger partial charge in [0.1, 0.15) is 12.4 Å². The molecule has 0 unspecified atom stereocenters. The molecule has 9 heteroatoms. The number of imide groups is 1. The third kappa shape index (κ3) is 3.79. The second-order valence-electron chi connectivity index (χ2n) is 7.18. The number of nitrogens with zero attached hydrogens (tertiary/aromatic N) is 4. The Morgan fingerprint density at radius 2 is 1.97 bits per heavy atom. The van der Waals surface area contributed by atoms with Crippen LogP contribution in [0.1, 0.15) is 25.7 Å². The SMILES string of the molecule is CC(C)n1c(/C=C2\SC(=O)N(CC(=O)N3CCOCC3)C2=O)nc2ccccc21. The highest BCUT2D eigenvalue weighted by molar-refractivity contribution is 8.18. The molecule has 152 valence electrons. The highest BCUT2D eigenvalue weighted by Crippen LogP contribution is 2.33. The minimum absolute atomic E-state index is 0.130. The van der Waals surface area contributed by atoms with Gasteiger partial charge in [0.25, 0.3) is 11.1 Å². The number of ether oxygens (including phenoxy) is 1. The normalized spacial score (nSPS) is 19.2. The number of rotatable bonds is 4. The highest BCUT2D eigenvalue weighted by atomic mass is 32.2. The molecule has 2 saturated heterocycles. The van der Waals surface area contributed by atoms with Crippen LogP contribution in [0.2, 0.25) is 0 Å². The molecule has 0 aliphatic carbocycles. The minimum atomic E-state index is -0.455. The lowest BCUT2D eigenvalue weighted by Crippen LogP contribution is -2.46. The van der Waals surface area contributed by atoms with Gasteiger partial charge in [0.05, 0.1) is 29.2 Å². The number of para-hydroxylation sites is 2. The summed E-state index contributed by atoms with van der Waals surface area (Å²) in [7, 11) is 0. The number of thioether (sulfide) groups is 1. The van der Waals surface area contributed by atoms with Crippen LogP contribution in [0.3, 0.4) is 0 Å². The topological polar surface area (TPSA) is 84.7 Å². The van der Waals surface area contributed by atoms with Crippen LogP contribution in [0.25, 0.3) is 17.1 Å². The zero-order valence-corrected chi connectivity index (χ0v) is 17.1. The third-order valence-electron chi connectivity index (χ3n) is 4.93. The molecule has 2 fully saturated rings. The van der Waals surface area contributed by atoms with Gasteiger partial charge in [-0.05, 0) is 37.7 Å². The van der Waals surface area contributed by atoms with Crippen molar-refractivity contribution in [2.75, 3.05) is 32.8 Å². The number of carbonyl (C=O) groups is 3. The van der Waals surface area contributed by atoms with Crippen LogP contribution in [0, 0.1) is 0 Å². The first-order valence-electron chi connectivity index (χ1n) is 9.53. The summed E-state index contributed by atoms with van der Waals surface area (Å²) in [5.41, 5.74) is 1.80. The smallest absolute Gasteiger partial charge is 0.294 e. The summed E-state index contributed by atoms with van der Waals surface area (Å²) in [5, 5.41) is -0.435. The largest absolute Gasteiger partial charge is 0.378 e. The summed E-state index contributed by atoms with van der Waals surface area (Å²) < 4.78 is 7.27. The zero-order chi connectivity index (χ0) is 20.5. The summed E-state index contributed by atoms with van der Waals surface area (Å²) in [4.78, 5) is 45.2. The first-order valence-corrected chi connectivity index (χ1v) is 10.3. The molecule has 0 N–H and O–H groups in total. The van der Waals surface area contributed by atoms with Crippen molar-refractivity contribution >= 4 is 45.9 Å². The van der Waals surface area contributed by atoms with Gasteiger partial charge in [-0.2, -0.15) is 0 Å². The first-order chi connectivity index (χ1) is 14.0. The average molecular weight is 414 g/mol. The fourth-order valence-electron chi connectivity index (χ4n) is 3.51. The molecule has 0 atom stereocenters. The number of hydrogen-bond donors (Lipinski definition) is 0. The van der Waals surface area contributed by atoms with Crippen molar-refractivity contribution in [3.63, 3.8) is 0 Å². The molecular weight excluding hydrogens is 392 g/mol. The zero-order valence-electron chi connectivity index (χ0n) is 16.3. The maximum Gasteiger partial charge on any atom is 0.294 e. The maximum atomic E-state index is 12.8. The second-order valence-corrected chi connectivity index (χ2v) is 8.18. The van der Waals surface area contributed by atoms with Crippen molar-refractivity contribution in [1.82, 2.24) is 19.4 Å². The fourth-order valence-corrected chi connectivity index (χ4v) is 4.32. The summed E-state index contributed by atoms with van der Waals surface area (Å²) in [6.45, 7) is 5.73. The number of aromatic nitrogens is 2. The summed E-state index contributed by atoms with van der Waals surface area (Å²) in [6.07, 6.45) is 1.64. The molecular formula is C20H22N4O4S. The highest BCUT2D eigenvalue weighted by Gasteiger charge is 2.37. The first kappa shape index (κ1) is 19.7. The Morgan fingerprint density at radius 1 is 1.24 bits per heavy atom. The number of fused-ring (bicyclic) bond motifs is 1. The molecule has 0 spiro atoms. The van der Waals surface area contributed by atoms with Crippen molar-refractivity contribution < 1.29 is 19.1 Å². The maximum absolute atomic E-state index is 12.8. The molecule has 8 nitrogen and oxygen atoms in total. The van der Waals surface area contributed by atoms with Crippen LogP contribution in [0.4, 0.5) is 4.79 Å². The minimum Gasteiger partial charge on any atom is -0.378 e. The van der Waals surface area contributed by atoms with E-state index in [1.165, 1.54) is 0 Å². The van der Waals surface area contributed by atoms with Crippen molar-refractivity contribution in [3.05, 3.63) is 35.0 Å². The van der Waals surface area contributed by atoms with Gasteiger partial charge in [-0.25, -0.2) is 4.98 Å². The van der Waals surface area contributed by atoms with Gasteiger partial charge in [0.15, 0.2) is 0 Å². The Kier molecular flexibility index (Phi) is 5.42. The predicted molar refractivity (Wildman–Crippen MR) is 110 cm³/mol. The van der Waals surface area contributed by atoms with Crippen molar-refractivity contribution in [1.29, 1.82) is 0 Å². The van der Waals surface area contributed by atoms with E-state index in [9.17, 15) is 14.4 Å². The molecule has 1 aromatic carbocycles. The van der Waals surface area contributed by atoms with E-state index < -0.39 is 11.1 Å². The van der Waals surface area contributed by atoms with Crippen molar-refractivity contribution in [2.24, 2.45) is 0 Å². The molecule has 2 aliphatic rings. The summed E-state index contributed by atoms with van der Waals surface area (Å²) in [5.74, 6) is -0.0820. The van der Waals surface area contributed by atoms with Gasteiger partial charge in [-0.3, -0.25) is 19.3 Å². The molecule has 2 aromatic rings. The number of benzene rings is 1. The van der Waals surface area contributed by atoms with E-state index in [4.69, 9.17) is 4.74 Å². The number of morpholine rings is 1. The van der Waals surface area contributed by atoms with Crippen LogP contribution in [0.15, 0.2) is 29.2 Å². The second kappa shape index (κ2) is 8.00. The molecule has 3 amide bonds. The van der Waals surface area contributed by atoms with Crippen molar-refractivity contribution in [2.45, 2.75) is 19.9 Å². The number of imidazole rings is 1. The molecule has 0 bridgehead atoms. The van der Waals surface area contributed by atoms with E-state index in [1.807, 2.05) is 42.7 Å². The van der Waals surface area contributed by atoms with Gasteiger partial charge >= 0.3 is 0 Å². The lowest BCUT2D eigenvalue weighted by molar-refractivity contribution is -0.139. The lowest BCUT2D eigenvalue weighted by Gasteiger charge is -2.28. The lowest BCUT2D eigenvalue weighted by atomic mass is 10.3. The van der Waals surface area contributed by atoms with E-state index in [1.54, 1.807) is 11.0 Å². The van der Waals surface area contributed by atoms with Gasteiger partial charge in [-0.1, -0.05) is 12.1 Å². The van der Waals surface area contributed by atoms with Crippen LogP contribution < -0.4 is 0 Å². The van der Waals surface area contributed by atoms with Crippen LogP contribution in [-0.4, -0.2) is 69.3 Å². The molecule has 4 rings (SSSR count). The average Bonchev–Trinajstić information content (AvgIpc) is 3.21. The summed E-state index contributed by atoms with van der Waals surface area (Å²) >= 11 is 0.845. The van der Waals surface area contributed by atoms with Crippen LogP contribution in [0.5, 0.6) is 0 Å². The molecule has 0 radical (unpaired) electrons. The molecule has 0 saturated carbocycles. The number of hydrogen-bond acceptors (Lipinski definition) is 6. The molecule has 3 heterocycles. The van der Waals surface area contributed by atoms with Gasteiger partial charge < -0.3 is 14.2 Å². The Labute approximate surface area is 172 Å². The number of carbonyl (C=O) groups excluding carboxylic acids is 3. The standard InChI is InChI=1S/C20H22N4O4S/c1-13(2)24-15-6-4-3-5-14(15)21-17(24)11-16-19(26)23(20(27)29-16)12-18(25)22-7-9-28-10-8-22/h3-6,11,13H,7-10,12H2,1-2H3/b16-11-. The van der Waals surface area contributed by atoms with E-state index in [-0.39, 0.29) is 23.4 Å². The Morgan fingerprint density at radius 3 is 2.69 bits per heavy atom. The van der Waals surface area contributed by atoms with E-state index in [0.29, 0.717) is 32.1 Å². The quantitative estimate of drug-likeness (QED) is 0.715. The molecule has 2 aliphatic heterocycles. The predicted octanol–water partition coefficient (Wildman–Crippen LogP) is 2.51. The Hall–Kier alpha value is -2.65. The van der Waals surface area contributed by atoms with Gasteiger partial charge in [0, 0.05) is 25.2 Å². The Balaban J connectivity index is 1.59. The van der Waals surface area contributed by atoms with E-state index in [2.05, 4.69) is 4.98 Å². The molecule has 1 aromatic heterocycles. The van der Waals surface area contributed by atoms with E-state index >= 15 is 0 Å². The van der Waals surface area contributed by atoms with Crippen molar-refractivity contribution in [3.8, 4) is 0 Å². The monoisotopic (exact) mass is 414 g/mol. The van der Waals surface area contributed by atoms with Crippen LogP contribution in [-0.2, 0) is 14.3 Å². The molecule has 29 heavy (non-hydrogen) atoms. The van der Waals surface area contributed by atoms with Gasteiger partial charge in [0.2, 0.25) is 5.91 Å². The van der Waals surface area contributed by atoms with Gasteiger partial charge in [-0.15, -0.1) is 0 Å². The summed E-state index contributed by atoms with van der Waals surface area (Å²) in [6, 6.07) is 7.88. The Bertz CT molecular complexity index is 1010.